The van der Waals surface area contributed by atoms with Crippen molar-refractivity contribution in [3.8, 4) is 0 Å². The van der Waals surface area contributed by atoms with Crippen LogP contribution < -0.4 is 16.0 Å². The zero-order valence-corrected chi connectivity index (χ0v) is 20.2. The zero-order valence-electron chi connectivity index (χ0n) is 19.5. The second kappa shape index (κ2) is 11.9. The Hall–Kier alpha value is -3.27. The fourth-order valence-corrected chi connectivity index (χ4v) is 3.69. The number of nitrogens with zero attached hydrogens (tertiary/aromatic N) is 1. The number of fused-ring (bicyclic) bond motifs is 1. The number of halogens is 2. The van der Waals surface area contributed by atoms with Crippen molar-refractivity contribution in [3.05, 3.63) is 71.1 Å². The number of hydrogen-bond acceptors (Lipinski definition) is 6. The molecule has 1 atom stereocenters. The number of carbonyl (C=O) groups is 2. The maximum atomic E-state index is 13.5. The van der Waals surface area contributed by atoms with Crippen molar-refractivity contribution in [1.82, 2.24) is 15.6 Å². The normalized spacial score (nSPS) is 12.3. The summed E-state index contributed by atoms with van der Waals surface area (Å²) in [6.45, 7) is 3.13. The summed E-state index contributed by atoms with van der Waals surface area (Å²) < 4.78 is 18.8. The molecule has 0 bridgehead atoms. The number of aliphatic hydroxyl groups is 1. The van der Waals surface area contributed by atoms with Crippen LogP contribution in [-0.2, 0) is 16.1 Å². The molecule has 186 valence electrons. The average Bonchev–Trinajstić information content (AvgIpc) is 2.79. The first-order chi connectivity index (χ1) is 16.6. The van der Waals surface area contributed by atoms with Crippen molar-refractivity contribution in [2.45, 2.75) is 38.5 Å². The second-order valence-corrected chi connectivity index (χ2v) is 9.12. The lowest BCUT2D eigenvalue weighted by Crippen LogP contribution is -2.46. The molecule has 0 aliphatic rings. The molecule has 0 saturated carbocycles. The van der Waals surface area contributed by atoms with Gasteiger partial charge in [-0.15, -0.1) is 0 Å². The molecule has 0 unspecified atom stereocenters. The van der Waals surface area contributed by atoms with Crippen LogP contribution in [0.25, 0.3) is 10.8 Å². The van der Waals surface area contributed by atoms with Gasteiger partial charge in [-0.3, -0.25) is 10.1 Å². The van der Waals surface area contributed by atoms with Crippen LogP contribution in [0.5, 0.6) is 0 Å². The minimum Gasteiger partial charge on any atom is -0.447 e. The minimum atomic E-state index is -1.11. The number of hydrogen-bond donors (Lipinski definition) is 4. The molecular formula is C25H28ClFN4O4. The van der Waals surface area contributed by atoms with Crippen LogP contribution in [0, 0.1) is 5.82 Å². The third-order valence-electron chi connectivity index (χ3n) is 5.02. The van der Waals surface area contributed by atoms with Crippen molar-refractivity contribution in [3.63, 3.8) is 0 Å². The van der Waals surface area contributed by atoms with Crippen LogP contribution in [0.4, 0.5) is 15.0 Å². The molecule has 35 heavy (non-hydrogen) atoms. The first-order valence-corrected chi connectivity index (χ1v) is 11.4. The number of benzene rings is 2. The van der Waals surface area contributed by atoms with E-state index in [-0.39, 0.29) is 37.0 Å². The molecule has 1 aromatic heterocycles. The SMILES string of the molecule is CC(C)(O)C[C@@H](COC(=O)Nc1cc2ccccc2cn1)NC(=O)CNCc1cccc(F)c1Cl. The van der Waals surface area contributed by atoms with E-state index in [0.717, 1.165) is 10.8 Å². The Balaban J connectivity index is 1.51. The van der Waals surface area contributed by atoms with Gasteiger partial charge in [0, 0.05) is 18.1 Å². The number of ether oxygens (including phenoxy) is 1. The van der Waals surface area contributed by atoms with Crippen LogP contribution in [0.1, 0.15) is 25.8 Å². The average molecular weight is 503 g/mol. The lowest BCUT2D eigenvalue weighted by Gasteiger charge is -2.25. The summed E-state index contributed by atoms with van der Waals surface area (Å²) in [6.07, 6.45) is 1.06. The highest BCUT2D eigenvalue weighted by Gasteiger charge is 2.23. The molecule has 3 aromatic rings. The molecule has 2 amide bonds. The molecule has 8 nitrogen and oxygen atoms in total. The fraction of sp³-hybridized carbons (Fsp3) is 0.320. The number of pyridine rings is 1. The number of nitrogens with one attached hydrogen (secondary N) is 3. The summed E-state index contributed by atoms with van der Waals surface area (Å²) in [5.41, 5.74) is -0.588. The highest BCUT2D eigenvalue weighted by atomic mass is 35.5. The Morgan fingerprint density at radius 2 is 1.91 bits per heavy atom. The maximum Gasteiger partial charge on any atom is 0.412 e. The fourth-order valence-electron chi connectivity index (χ4n) is 3.50. The summed E-state index contributed by atoms with van der Waals surface area (Å²) in [4.78, 5) is 28.9. The van der Waals surface area contributed by atoms with E-state index < -0.39 is 23.6 Å². The molecule has 0 aliphatic heterocycles. The van der Waals surface area contributed by atoms with Crippen LogP contribution in [0.3, 0.4) is 0 Å². The van der Waals surface area contributed by atoms with Gasteiger partial charge in [0.2, 0.25) is 5.91 Å². The van der Waals surface area contributed by atoms with Gasteiger partial charge in [-0.2, -0.15) is 0 Å². The first kappa shape index (κ1) is 26.3. The Labute approximate surface area is 207 Å². The predicted octanol–water partition coefficient (Wildman–Crippen LogP) is 4.01. The van der Waals surface area contributed by atoms with E-state index in [9.17, 15) is 19.1 Å². The molecular weight excluding hydrogens is 475 g/mol. The summed E-state index contributed by atoms with van der Waals surface area (Å²) in [7, 11) is 0. The van der Waals surface area contributed by atoms with Gasteiger partial charge in [-0.1, -0.05) is 48.0 Å². The van der Waals surface area contributed by atoms with E-state index >= 15 is 0 Å². The molecule has 4 N–H and O–H groups in total. The van der Waals surface area contributed by atoms with Crippen molar-refractivity contribution in [1.29, 1.82) is 0 Å². The summed E-state index contributed by atoms with van der Waals surface area (Å²) in [5.74, 6) is -0.584. The maximum absolute atomic E-state index is 13.5. The lowest BCUT2D eigenvalue weighted by molar-refractivity contribution is -0.121. The Morgan fingerprint density at radius 1 is 1.17 bits per heavy atom. The van der Waals surface area contributed by atoms with Crippen LogP contribution >= 0.6 is 11.6 Å². The van der Waals surface area contributed by atoms with E-state index in [1.807, 2.05) is 24.3 Å². The molecule has 1 heterocycles. The molecule has 0 fully saturated rings. The van der Waals surface area contributed by atoms with Gasteiger partial charge in [0.25, 0.3) is 0 Å². The predicted molar refractivity (Wildman–Crippen MR) is 133 cm³/mol. The zero-order chi connectivity index (χ0) is 25.4. The van der Waals surface area contributed by atoms with E-state index in [2.05, 4.69) is 20.9 Å². The number of aromatic nitrogens is 1. The third kappa shape index (κ3) is 8.47. The Bertz CT molecular complexity index is 1190. The largest absolute Gasteiger partial charge is 0.447 e. The smallest absolute Gasteiger partial charge is 0.412 e. The Kier molecular flexibility index (Phi) is 8.97. The summed E-state index contributed by atoms with van der Waals surface area (Å²) in [6, 6.07) is 13.1. The number of anilines is 1. The quantitative estimate of drug-likeness (QED) is 0.333. The van der Waals surface area contributed by atoms with Gasteiger partial charge in [0.05, 0.1) is 23.2 Å². The Morgan fingerprint density at radius 3 is 2.66 bits per heavy atom. The van der Waals surface area contributed by atoms with Crippen LogP contribution in [0.2, 0.25) is 5.02 Å². The van der Waals surface area contributed by atoms with E-state index in [1.165, 1.54) is 12.1 Å². The van der Waals surface area contributed by atoms with Crippen molar-refractivity contribution >= 4 is 40.2 Å². The molecule has 0 saturated heterocycles. The standard InChI is InChI=1S/C25H28ClFN4O4/c1-25(2,34)11-19(30-22(32)14-28-12-18-8-5-9-20(27)23(18)26)15-35-24(33)31-21-10-16-6-3-4-7-17(16)13-29-21/h3-10,13,19,28,34H,11-12,14-15H2,1-2H3,(H,30,32)(H,29,31,33)/t19-/m0/s1. The van der Waals surface area contributed by atoms with Crippen molar-refractivity contribution < 1.29 is 23.8 Å². The molecule has 0 aliphatic carbocycles. The van der Waals surface area contributed by atoms with Gasteiger partial charge >= 0.3 is 6.09 Å². The van der Waals surface area contributed by atoms with Gasteiger partial charge in [0.1, 0.15) is 18.2 Å². The van der Waals surface area contributed by atoms with Gasteiger partial charge in [-0.25, -0.2) is 14.2 Å². The van der Waals surface area contributed by atoms with Crippen molar-refractivity contribution in [2.75, 3.05) is 18.5 Å². The van der Waals surface area contributed by atoms with E-state index in [1.54, 1.807) is 32.2 Å². The third-order valence-corrected chi connectivity index (χ3v) is 5.44. The molecule has 2 aromatic carbocycles. The molecule has 3 rings (SSSR count). The van der Waals surface area contributed by atoms with Crippen molar-refractivity contribution in [2.24, 2.45) is 0 Å². The van der Waals surface area contributed by atoms with E-state index in [0.29, 0.717) is 11.4 Å². The number of carbonyl (C=O) groups excluding carboxylic acids is 2. The highest BCUT2D eigenvalue weighted by molar-refractivity contribution is 6.31. The first-order valence-electron chi connectivity index (χ1n) is 11.0. The topological polar surface area (TPSA) is 113 Å². The van der Waals surface area contributed by atoms with Crippen LogP contribution in [-0.4, -0.2) is 46.9 Å². The number of rotatable bonds is 10. The minimum absolute atomic E-state index is 0.000584. The highest BCUT2D eigenvalue weighted by Crippen LogP contribution is 2.19. The molecule has 0 spiro atoms. The van der Waals surface area contributed by atoms with Gasteiger partial charge < -0.3 is 20.5 Å². The summed E-state index contributed by atoms with van der Waals surface area (Å²) >= 11 is 5.92. The molecule has 10 heteroatoms. The number of amides is 2. The van der Waals surface area contributed by atoms with Crippen LogP contribution in [0.15, 0.2) is 54.7 Å². The lowest BCUT2D eigenvalue weighted by atomic mass is 9.99. The summed E-state index contributed by atoms with van der Waals surface area (Å²) in [5, 5.41) is 20.3. The monoisotopic (exact) mass is 502 g/mol. The van der Waals surface area contributed by atoms with Gasteiger partial charge in [-0.05, 0) is 43.4 Å². The second-order valence-electron chi connectivity index (χ2n) is 8.74. The molecule has 0 radical (unpaired) electrons. The van der Waals surface area contributed by atoms with Gasteiger partial charge in [0.15, 0.2) is 0 Å². The van der Waals surface area contributed by atoms with E-state index in [4.69, 9.17) is 16.3 Å².